The third-order valence-corrected chi connectivity index (χ3v) is 2.95. The molecule has 106 valence electrons. The van der Waals surface area contributed by atoms with Crippen molar-refractivity contribution < 1.29 is 9.53 Å². The molecule has 0 fully saturated rings. The number of esters is 1. The SMILES string of the molecule is CCCCC=CCCCCCCCC(=O)OCC. The molecule has 0 aromatic rings. The van der Waals surface area contributed by atoms with Crippen LogP contribution in [0.2, 0.25) is 0 Å². The quantitative estimate of drug-likeness (QED) is 0.277. The molecule has 0 heterocycles. The van der Waals surface area contributed by atoms with Gasteiger partial charge in [0.15, 0.2) is 0 Å². The zero-order valence-electron chi connectivity index (χ0n) is 12.2. The normalized spacial score (nSPS) is 11.0. The predicted octanol–water partition coefficient (Wildman–Crippen LogP) is 5.03. The van der Waals surface area contributed by atoms with Gasteiger partial charge in [0.1, 0.15) is 0 Å². The van der Waals surface area contributed by atoms with Gasteiger partial charge in [-0.2, -0.15) is 0 Å². The van der Waals surface area contributed by atoms with Crippen LogP contribution < -0.4 is 0 Å². The molecule has 0 aliphatic carbocycles. The highest BCUT2D eigenvalue weighted by atomic mass is 16.5. The first-order valence-corrected chi connectivity index (χ1v) is 7.61. The Morgan fingerprint density at radius 1 is 0.889 bits per heavy atom. The molecule has 0 aliphatic heterocycles. The van der Waals surface area contributed by atoms with Crippen LogP contribution in [-0.4, -0.2) is 12.6 Å². The summed E-state index contributed by atoms with van der Waals surface area (Å²) in [5, 5.41) is 0. The van der Waals surface area contributed by atoms with Gasteiger partial charge in [0.05, 0.1) is 6.61 Å². The van der Waals surface area contributed by atoms with E-state index in [4.69, 9.17) is 4.74 Å². The molecule has 0 radical (unpaired) electrons. The highest BCUT2D eigenvalue weighted by Gasteiger charge is 2.00. The van der Waals surface area contributed by atoms with Crippen LogP contribution in [0.3, 0.4) is 0 Å². The molecule has 0 aliphatic rings. The van der Waals surface area contributed by atoms with E-state index in [0.717, 1.165) is 12.8 Å². The van der Waals surface area contributed by atoms with Crippen LogP contribution in [0.1, 0.15) is 78.1 Å². The summed E-state index contributed by atoms with van der Waals surface area (Å²) in [6.07, 6.45) is 16.2. The minimum absolute atomic E-state index is 0.0450. The van der Waals surface area contributed by atoms with Crippen molar-refractivity contribution in [1.29, 1.82) is 0 Å². The molecule has 2 heteroatoms. The summed E-state index contributed by atoms with van der Waals surface area (Å²) in [6.45, 7) is 4.58. The van der Waals surface area contributed by atoms with Gasteiger partial charge in [-0.3, -0.25) is 4.79 Å². The molecule has 0 atom stereocenters. The summed E-state index contributed by atoms with van der Waals surface area (Å²) in [7, 11) is 0. The molecule has 0 rings (SSSR count). The summed E-state index contributed by atoms with van der Waals surface area (Å²) >= 11 is 0. The van der Waals surface area contributed by atoms with Gasteiger partial charge < -0.3 is 4.74 Å². The predicted molar refractivity (Wildman–Crippen MR) is 77.6 cm³/mol. The Morgan fingerprint density at radius 3 is 2.17 bits per heavy atom. The molecule has 0 saturated heterocycles. The van der Waals surface area contributed by atoms with Crippen LogP contribution in [0.15, 0.2) is 12.2 Å². The molecule has 18 heavy (non-hydrogen) atoms. The van der Waals surface area contributed by atoms with E-state index in [1.54, 1.807) is 0 Å². The average molecular weight is 254 g/mol. The molecule has 0 aromatic heterocycles. The van der Waals surface area contributed by atoms with E-state index in [9.17, 15) is 4.79 Å². The molecule has 0 unspecified atom stereocenters. The van der Waals surface area contributed by atoms with Crippen LogP contribution in [-0.2, 0) is 9.53 Å². The maximum Gasteiger partial charge on any atom is 0.305 e. The molecule has 0 bridgehead atoms. The molecular formula is C16H30O2. The zero-order chi connectivity index (χ0) is 13.5. The number of hydrogen-bond donors (Lipinski definition) is 0. The minimum atomic E-state index is -0.0450. The van der Waals surface area contributed by atoms with Gasteiger partial charge in [0, 0.05) is 6.42 Å². The fourth-order valence-electron chi connectivity index (χ4n) is 1.85. The van der Waals surface area contributed by atoms with Crippen molar-refractivity contribution in [2.75, 3.05) is 6.61 Å². The van der Waals surface area contributed by atoms with Crippen molar-refractivity contribution in [3.05, 3.63) is 12.2 Å². The first kappa shape index (κ1) is 17.2. The lowest BCUT2D eigenvalue weighted by atomic mass is 10.1. The standard InChI is InChI=1S/C16H30O2/c1-3-5-6-7-8-9-10-11-12-13-14-15-16(17)18-4-2/h7-8H,3-6,9-15H2,1-2H3. The minimum Gasteiger partial charge on any atom is -0.466 e. The maximum absolute atomic E-state index is 11.1. The number of carbonyl (C=O) groups is 1. The largest absolute Gasteiger partial charge is 0.466 e. The van der Waals surface area contributed by atoms with Gasteiger partial charge in [-0.05, 0) is 32.6 Å². The lowest BCUT2D eigenvalue weighted by Crippen LogP contribution is -2.03. The van der Waals surface area contributed by atoms with Gasteiger partial charge in [-0.15, -0.1) is 0 Å². The van der Waals surface area contributed by atoms with Gasteiger partial charge in [0.25, 0.3) is 0 Å². The van der Waals surface area contributed by atoms with E-state index in [2.05, 4.69) is 19.1 Å². The monoisotopic (exact) mass is 254 g/mol. The van der Waals surface area contributed by atoms with Crippen molar-refractivity contribution in [3.8, 4) is 0 Å². The Kier molecular flexibility index (Phi) is 13.6. The molecule has 2 nitrogen and oxygen atoms in total. The number of hydrogen-bond acceptors (Lipinski definition) is 2. The summed E-state index contributed by atoms with van der Waals surface area (Å²) in [5.41, 5.74) is 0. The molecule has 0 N–H and O–H groups in total. The van der Waals surface area contributed by atoms with Crippen molar-refractivity contribution in [2.45, 2.75) is 78.1 Å². The van der Waals surface area contributed by atoms with E-state index in [1.165, 1.54) is 44.9 Å². The van der Waals surface area contributed by atoms with E-state index < -0.39 is 0 Å². The smallest absolute Gasteiger partial charge is 0.305 e. The summed E-state index contributed by atoms with van der Waals surface area (Å²) < 4.78 is 4.89. The van der Waals surface area contributed by atoms with Crippen molar-refractivity contribution in [3.63, 3.8) is 0 Å². The molecule has 0 aromatic carbocycles. The summed E-state index contributed by atoms with van der Waals surface area (Å²) in [5.74, 6) is -0.0450. The number of allylic oxidation sites excluding steroid dienone is 2. The fourth-order valence-corrected chi connectivity index (χ4v) is 1.85. The van der Waals surface area contributed by atoms with Gasteiger partial charge in [-0.1, -0.05) is 51.2 Å². The van der Waals surface area contributed by atoms with Gasteiger partial charge in [-0.25, -0.2) is 0 Å². The van der Waals surface area contributed by atoms with Crippen LogP contribution >= 0.6 is 0 Å². The summed E-state index contributed by atoms with van der Waals surface area (Å²) in [4.78, 5) is 11.1. The van der Waals surface area contributed by atoms with E-state index >= 15 is 0 Å². The Hall–Kier alpha value is -0.790. The Morgan fingerprint density at radius 2 is 1.50 bits per heavy atom. The van der Waals surface area contributed by atoms with Gasteiger partial charge in [0.2, 0.25) is 0 Å². The fraction of sp³-hybridized carbons (Fsp3) is 0.812. The summed E-state index contributed by atoms with van der Waals surface area (Å²) in [6, 6.07) is 0. The Bertz CT molecular complexity index is 209. The number of ether oxygens (including phenoxy) is 1. The topological polar surface area (TPSA) is 26.3 Å². The lowest BCUT2D eigenvalue weighted by molar-refractivity contribution is -0.143. The lowest BCUT2D eigenvalue weighted by Gasteiger charge is -2.01. The van der Waals surface area contributed by atoms with Crippen LogP contribution in [0, 0.1) is 0 Å². The number of rotatable bonds is 12. The maximum atomic E-state index is 11.1. The second kappa shape index (κ2) is 14.3. The molecule has 0 amide bonds. The molecule has 0 spiro atoms. The molecular weight excluding hydrogens is 224 g/mol. The Labute approximate surface area is 113 Å². The first-order valence-electron chi connectivity index (χ1n) is 7.61. The Balaban J connectivity index is 3.11. The number of carbonyl (C=O) groups excluding carboxylic acids is 1. The average Bonchev–Trinajstić information content (AvgIpc) is 2.36. The van der Waals surface area contributed by atoms with Crippen LogP contribution in [0.5, 0.6) is 0 Å². The third kappa shape index (κ3) is 13.3. The van der Waals surface area contributed by atoms with Gasteiger partial charge >= 0.3 is 5.97 Å². The second-order valence-corrected chi connectivity index (χ2v) is 4.73. The van der Waals surface area contributed by atoms with Crippen molar-refractivity contribution in [2.24, 2.45) is 0 Å². The first-order chi connectivity index (χ1) is 8.81. The van der Waals surface area contributed by atoms with E-state index in [-0.39, 0.29) is 5.97 Å². The van der Waals surface area contributed by atoms with E-state index in [0.29, 0.717) is 13.0 Å². The zero-order valence-corrected chi connectivity index (χ0v) is 12.2. The second-order valence-electron chi connectivity index (χ2n) is 4.73. The number of unbranched alkanes of at least 4 members (excludes halogenated alkanes) is 7. The van der Waals surface area contributed by atoms with E-state index in [1.807, 2.05) is 6.92 Å². The highest BCUT2D eigenvalue weighted by molar-refractivity contribution is 5.69. The van der Waals surface area contributed by atoms with Crippen LogP contribution in [0.25, 0.3) is 0 Å². The highest BCUT2D eigenvalue weighted by Crippen LogP contribution is 2.08. The molecule has 0 saturated carbocycles. The van der Waals surface area contributed by atoms with Crippen LogP contribution in [0.4, 0.5) is 0 Å². The third-order valence-electron chi connectivity index (χ3n) is 2.95. The van der Waals surface area contributed by atoms with Crippen molar-refractivity contribution in [1.82, 2.24) is 0 Å². The van der Waals surface area contributed by atoms with Crippen molar-refractivity contribution >= 4 is 5.97 Å².